The highest BCUT2D eigenvalue weighted by molar-refractivity contribution is 7.48. The zero-order valence-electron chi connectivity index (χ0n) is 39.5. The van der Waals surface area contributed by atoms with Crippen LogP contribution in [0.25, 0.3) is 0 Å². The lowest BCUT2D eigenvalue weighted by atomic mass is 10.1. The molecule has 0 radical (unpaired) electrons. The minimum Gasteiger partial charge on any atom is -0.381 e. The van der Waals surface area contributed by atoms with E-state index in [9.17, 15) is 9.13 Å². The number of alkyl halides is 1. The number of phosphoric acid groups is 2. The first kappa shape index (κ1) is 66.4. The normalized spacial score (nSPS) is 11.4. The van der Waals surface area contributed by atoms with E-state index in [0.29, 0.717) is 39.6 Å². The second kappa shape index (κ2) is 52.5. The Hall–Kier alpha value is 0.350. The van der Waals surface area contributed by atoms with Gasteiger partial charge in [0.1, 0.15) is 6.07 Å². The van der Waals surface area contributed by atoms with Gasteiger partial charge in [0.2, 0.25) is 0 Å². The van der Waals surface area contributed by atoms with E-state index in [0.717, 1.165) is 11.0 Å². The number of hydrogen-bond acceptors (Lipinski definition) is 11. The molecule has 0 amide bonds. The number of nitrogens with zero attached hydrogens (tertiary/aromatic N) is 2. The monoisotopic (exact) mass is 888 g/mol. The van der Waals surface area contributed by atoms with E-state index < -0.39 is 15.6 Å². The highest BCUT2D eigenvalue weighted by Crippen LogP contribution is 2.49. The quantitative estimate of drug-likeness (QED) is 0.0207. The molecule has 12 nitrogen and oxygen atoms in total. The van der Waals surface area contributed by atoms with Gasteiger partial charge < -0.3 is 19.6 Å². The van der Waals surface area contributed by atoms with E-state index in [1.165, 1.54) is 135 Å². The molecule has 0 heterocycles. The van der Waals surface area contributed by atoms with Gasteiger partial charge in [0.15, 0.2) is 6.73 Å². The maximum absolute atomic E-state index is 11.3. The van der Waals surface area contributed by atoms with Crippen molar-refractivity contribution < 1.29 is 51.0 Å². The first-order chi connectivity index (χ1) is 27.2. The minimum absolute atomic E-state index is 0.261. The van der Waals surface area contributed by atoms with Gasteiger partial charge in [-0.1, -0.05) is 135 Å². The Morgan fingerprint density at radius 2 is 0.684 bits per heavy atom. The Balaban J connectivity index is -0.000000209. The van der Waals surface area contributed by atoms with Gasteiger partial charge in [-0.15, -0.1) is 0 Å². The second-order valence-electron chi connectivity index (χ2n) is 14.5. The lowest BCUT2D eigenvalue weighted by molar-refractivity contribution is -0.909. The molecule has 0 rings (SSSR count). The van der Waals surface area contributed by atoms with Gasteiger partial charge in [0, 0.05) is 0 Å². The highest BCUT2D eigenvalue weighted by Gasteiger charge is 2.24. The van der Waals surface area contributed by atoms with Crippen LogP contribution < -0.4 is 0 Å². The molecule has 57 heavy (non-hydrogen) atoms. The number of rotatable bonds is 35. The predicted molar refractivity (Wildman–Crippen MR) is 244 cm³/mol. The molecular weight excluding hydrogens is 790 g/mol. The minimum atomic E-state index is -3.22. The number of aliphatic hydroxyl groups is 2. The van der Waals surface area contributed by atoms with E-state index in [1.807, 2.05) is 0 Å². The lowest BCUT2D eigenvalue weighted by Crippen LogP contribution is -2.41. The molecule has 0 saturated heterocycles. The van der Waals surface area contributed by atoms with Crippen molar-refractivity contribution >= 4 is 27.2 Å². The summed E-state index contributed by atoms with van der Waals surface area (Å²) in [6.45, 7) is 19.6. The summed E-state index contributed by atoms with van der Waals surface area (Å²) in [4.78, 5) is 2.28. The number of unbranched alkanes of at least 4 members (excludes halogenated alkanes) is 18. The first-order valence-electron chi connectivity index (χ1n) is 22.5. The van der Waals surface area contributed by atoms with Crippen LogP contribution in [0.4, 0.5) is 0 Å². The van der Waals surface area contributed by atoms with Crippen molar-refractivity contribution in [3.05, 3.63) is 0 Å². The van der Waals surface area contributed by atoms with Crippen molar-refractivity contribution in [3.63, 3.8) is 0 Å². The van der Waals surface area contributed by atoms with Crippen LogP contribution in [0.5, 0.6) is 0 Å². The van der Waals surface area contributed by atoms with Crippen LogP contribution in [-0.2, 0) is 36.3 Å². The Morgan fingerprint density at radius 1 is 0.456 bits per heavy atom. The molecule has 0 bridgehead atoms. The molecule has 0 aliphatic carbocycles. The highest BCUT2D eigenvalue weighted by atomic mass is 35.5. The Labute approximate surface area is 359 Å². The molecule has 15 heteroatoms. The van der Waals surface area contributed by atoms with Crippen LogP contribution in [0.15, 0.2) is 0 Å². The van der Waals surface area contributed by atoms with Gasteiger partial charge in [-0.3, -0.25) is 27.1 Å². The third kappa shape index (κ3) is 60.7. The smallest absolute Gasteiger partial charge is 0.381 e. The van der Waals surface area contributed by atoms with Crippen LogP contribution in [0.3, 0.4) is 0 Å². The van der Waals surface area contributed by atoms with E-state index in [2.05, 4.69) is 58.5 Å². The maximum Gasteiger partial charge on any atom is 0.474 e. The van der Waals surface area contributed by atoms with Crippen molar-refractivity contribution in [1.82, 2.24) is 4.90 Å². The molecule has 0 spiro atoms. The van der Waals surface area contributed by atoms with Crippen LogP contribution in [0.2, 0.25) is 0 Å². The van der Waals surface area contributed by atoms with E-state index in [1.54, 1.807) is 41.5 Å². The lowest BCUT2D eigenvalue weighted by Gasteiger charge is -2.26. The summed E-state index contributed by atoms with van der Waals surface area (Å²) in [5.41, 5.74) is 0. The largest absolute Gasteiger partial charge is 0.474 e. The van der Waals surface area contributed by atoms with Gasteiger partial charge in [0.05, 0.1) is 60.3 Å². The van der Waals surface area contributed by atoms with Gasteiger partial charge in [0.25, 0.3) is 0 Å². The molecule has 352 valence electrons. The molecule has 0 unspecified atom stereocenters. The Morgan fingerprint density at radius 3 is 0.895 bits per heavy atom. The zero-order valence-corrected chi connectivity index (χ0v) is 42.1. The van der Waals surface area contributed by atoms with Crippen LogP contribution >= 0.6 is 27.2 Å². The molecule has 2 N–H and O–H groups in total. The fourth-order valence-corrected chi connectivity index (χ4v) is 7.53. The average Bonchev–Trinajstić information content (AvgIpc) is 3.15. The second-order valence-corrected chi connectivity index (χ2v) is 18.1. The van der Waals surface area contributed by atoms with Crippen molar-refractivity contribution in [2.45, 2.75) is 184 Å². The summed E-state index contributed by atoms with van der Waals surface area (Å²) in [7, 11) is 2.06. The number of quaternary nitrogens is 1. The molecule has 0 aromatic heterocycles. The van der Waals surface area contributed by atoms with Gasteiger partial charge >= 0.3 is 15.6 Å². The zero-order chi connectivity index (χ0) is 44.5. The molecule has 0 fully saturated rings. The van der Waals surface area contributed by atoms with E-state index in [-0.39, 0.29) is 12.8 Å². The third-order valence-electron chi connectivity index (χ3n) is 8.18. The van der Waals surface area contributed by atoms with Crippen LogP contribution in [0, 0.1) is 0 Å². The van der Waals surface area contributed by atoms with Crippen molar-refractivity contribution in [1.29, 1.82) is 0 Å². The van der Waals surface area contributed by atoms with Crippen molar-refractivity contribution in [3.8, 4) is 0 Å². The fraction of sp³-hybridized carbons (Fsp3) is 1.00. The summed E-state index contributed by atoms with van der Waals surface area (Å²) < 4.78 is 52.4. The van der Waals surface area contributed by atoms with Gasteiger partial charge in [-0.2, -0.15) is 0 Å². The molecule has 0 aromatic rings. The van der Waals surface area contributed by atoms with E-state index >= 15 is 0 Å². The van der Waals surface area contributed by atoms with Crippen molar-refractivity contribution in [2.75, 3.05) is 93.7 Å². The summed E-state index contributed by atoms with van der Waals surface area (Å²) >= 11 is 4.55. The Kier molecular flexibility index (Phi) is 61.2. The number of aliphatic hydroxyl groups excluding tert-OH is 2. The molecule has 0 aliphatic rings. The standard InChI is InChI=1S/C15H34NO.C14H31N.2C6H15O4P.CH3ClO/c1-4-5-6-7-8-9-10-11-12-13-14-16(2,3)15-17;1-4-5-6-7-8-9-10-11-12-13-14-15(2)3;2*1-4-8-11(7,9-5-2)10-6-3;2-1-3/h17H,4-15H2,1-3H3;4-14H2,1-3H3;2*4-6H2,1-3H3;3H,1H2/q+1;;;;. The first-order valence-corrected chi connectivity index (χ1v) is 25.9. The van der Waals surface area contributed by atoms with E-state index in [4.69, 9.17) is 37.4 Å². The van der Waals surface area contributed by atoms with Gasteiger partial charge in [-0.05, 0) is 81.4 Å². The number of hydrogen-bond donors (Lipinski definition) is 2. The molecule has 0 saturated carbocycles. The number of phosphoric ester groups is 2. The molecular formula is C42H98ClN2O10P2+. The van der Waals surface area contributed by atoms with Crippen LogP contribution in [-0.4, -0.2) is 113 Å². The fourth-order valence-electron chi connectivity index (χ4n) is 5.19. The van der Waals surface area contributed by atoms with Crippen LogP contribution in [0.1, 0.15) is 184 Å². The maximum atomic E-state index is 11.3. The third-order valence-corrected chi connectivity index (χ3v) is 11.6. The SMILES string of the molecule is CCCCCCCCCCCCN(C)C.CCCCCCCCCCCC[N+](C)(C)CO.CCOP(=O)(OCC)OCC.CCOP(=O)(OCC)OCC.OCCl. The topological polar surface area (TPSA) is 133 Å². The average molecular weight is 889 g/mol. The van der Waals surface area contributed by atoms with Gasteiger partial charge in [-0.25, -0.2) is 9.13 Å². The molecule has 0 aliphatic heterocycles. The molecule has 0 atom stereocenters. The summed E-state index contributed by atoms with van der Waals surface area (Å²) in [5.74, 6) is 0. The summed E-state index contributed by atoms with van der Waals surface area (Å²) in [6, 6.07) is -0.278. The number of halogens is 1. The molecule has 0 aromatic carbocycles. The summed E-state index contributed by atoms with van der Waals surface area (Å²) in [6.07, 6.45) is 28.2. The predicted octanol–water partition coefficient (Wildman–Crippen LogP) is 13.0. The summed E-state index contributed by atoms with van der Waals surface area (Å²) in [5, 5.41) is 16.4. The van der Waals surface area contributed by atoms with Crippen molar-refractivity contribution in [2.24, 2.45) is 0 Å². The Bertz CT molecular complexity index is 754.